The molecule has 0 radical (unpaired) electrons. The van der Waals surface area contributed by atoms with Crippen molar-refractivity contribution in [2.75, 3.05) is 0 Å². The number of benzene rings is 1. The summed E-state index contributed by atoms with van der Waals surface area (Å²) in [6, 6.07) is 4.76. The van der Waals surface area contributed by atoms with Gasteiger partial charge < -0.3 is 4.84 Å². The number of imidazole rings is 1. The van der Waals surface area contributed by atoms with E-state index < -0.39 is 12.0 Å². The van der Waals surface area contributed by atoms with Gasteiger partial charge in [0.1, 0.15) is 5.69 Å². The van der Waals surface area contributed by atoms with Crippen molar-refractivity contribution < 1.29 is 13.6 Å². The lowest BCUT2D eigenvalue weighted by Crippen LogP contribution is -2.26. The smallest absolute Gasteiger partial charge is 0.341 e. The summed E-state index contributed by atoms with van der Waals surface area (Å²) < 4.78 is 26.1. The van der Waals surface area contributed by atoms with Crippen LogP contribution in [0.25, 0.3) is 11.3 Å². The third kappa shape index (κ3) is 3.47. The molecule has 0 fully saturated rings. The second-order valence-corrected chi connectivity index (χ2v) is 6.81. The fourth-order valence-electron chi connectivity index (χ4n) is 1.89. The Morgan fingerprint density at radius 2 is 1.82 bits per heavy atom. The predicted octanol–water partition coefficient (Wildman–Crippen LogP) is 5.46. The Bertz CT molecular complexity index is 696. The normalized spacial score (nSPS) is 12.0. The van der Waals surface area contributed by atoms with Crippen LogP contribution in [0.3, 0.4) is 0 Å². The van der Waals surface area contributed by atoms with Crippen LogP contribution in [-0.4, -0.2) is 16.3 Å². The van der Waals surface area contributed by atoms with Crippen molar-refractivity contribution in [3.63, 3.8) is 0 Å². The molecule has 8 heteroatoms. The quantitative estimate of drug-likeness (QED) is 0.718. The first-order chi connectivity index (χ1) is 10.1. The van der Waals surface area contributed by atoms with E-state index in [2.05, 4.69) is 9.82 Å². The van der Waals surface area contributed by atoms with Gasteiger partial charge in [-0.2, -0.15) is 8.78 Å². The van der Waals surface area contributed by atoms with E-state index in [1.165, 1.54) is 6.07 Å². The average molecular weight is 370 g/mol. The molecule has 3 nitrogen and oxygen atoms in total. The molecule has 0 unspecified atom stereocenters. The molecule has 120 valence electrons. The Kier molecular flexibility index (Phi) is 4.90. The minimum Gasteiger partial charge on any atom is -0.341 e. The maximum absolute atomic E-state index is 12.6. The van der Waals surface area contributed by atoms with Crippen molar-refractivity contribution in [3.8, 4) is 11.3 Å². The van der Waals surface area contributed by atoms with Gasteiger partial charge >= 0.3 is 6.61 Å². The summed E-state index contributed by atoms with van der Waals surface area (Å²) in [5.41, 5.74) is 0.183. The SMILES string of the molecule is CC(C)(C)c1nc(-c2ccc(Cl)cc2Cl)c(Cl)n1OC(F)F. The van der Waals surface area contributed by atoms with Crippen LogP contribution in [0.15, 0.2) is 18.2 Å². The van der Waals surface area contributed by atoms with Gasteiger partial charge in [-0.05, 0) is 18.2 Å². The van der Waals surface area contributed by atoms with Crippen molar-refractivity contribution in [1.29, 1.82) is 0 Å². The molecule has 0 bridgehead atoms. The third-order valence-electron chi connectivity index (χ3n) is 2.83. The van der Waals surface area contributed by atoms with Gasteiger partial charge in [0.05, 0.1) is 5.02 Å². The van der Waals surface area contributed by atoms with E-state index in [1.54, 1.807) is 12.1 Å². The average Bonchev–Trinajstić information content (AvgIpc) is 2.67. The first kappa shape index (κ1) is 17.3. The summed E-state index contributed by atoms with van der Waals surface area (Å²) in [5, 5.41) is 0.690. The maximum atomic E-state index is 12.6. The number of aromatic nitrogens is 2. The van der Waals surface area contributed by atoms with Crippen molar-refractivity contribution in [3.05, 3.63) is 39.2 Å². The van der Waals surface area contributed by atoms with E-state index in [-0.39, 0.29) is 16.7 Å². The lowest BCUT2D eigenvalue weighted by Gasteiger charge is -2.19. The van der Waals surface area contributed by atoms with Crippen LogP contribution in [0, 0.1) is 0 Å². The summed E-state index contributed by atoms with van der Waals surface area (Å²) in [7, 11) is 0. The van der Waals surface area contributed by atoms with Gasteiger partial charge in [-0.3, -0.25) is 0 Å². The summed E-state index contributed by atoms with van der Waals surface area (Å²) in [5.74, 6) is 0.263. The minimum absolute atomic E-state index is 0.0746. The molecular formula is C14H13Cl3F2N2O. The molecule has 0 aliphatic rings. The zero-order chi connectivity index (χ0) is 16.7. The zero-order valence-electron chi connectivity index (χ0n) is 12.0. The number of nitrogens with zero attached hydrogens (tertiary/aromatic N) is 2. The van der Waals surface area contributed by atoms with Crippen LogP contribution in [0.4, 0.5) is 8.78 Å². The van der Waals surface area contributed by atoms with Gasteiger partial charge in [0.15, 0.2) is 11.0 Å². The van der Waals surface area contributed by atoms with Gasteiger partial charge in [0, 0.05) is 16.0 Å². The highest BCUT2D eigenvalue weighted by Crippen LogP contribution is 2.37. The number of halogens is 5. The molecule has 0 saturated carbocycles. The lowest BCUT2D eigenvalue weighted by molar-refractivity contribution is -0.135. The number of rotatable bonds is 3. The fraction of sp³-hybridized carbons (Fsp3) is 0.357. The Labute approximate surface area is 141 Å². The van der Waals surface area contributed by atoms with Gasteiger partial charge in [-0.1, -0.05) is 55.6 Å². The van der Waals surface area contributed by atoms with E-state index in [0.717, 1.165) is 4.73 Å². The third-order valence-corrected chi connectivity index (χ3v) is 3.71. The Hall–Kier alpha value is -1.04. The van der Waals surface area contributed by atoms with E-state index in [9.17, 15) is 8.78 Å². The highest BCUT2D eigenvalue weighted by molar-refractivity contribution is 6.37. The maximum Gasteiger partial charge on any atom is 0.405 e. The largest absolute Gasteiger partial charge is 0.405 e. The molecule has 0 aliphatic carbocycles. The van der Waals surface area contributed by atoms with E-state index in [4.69, 9.17) is 34.8 Å². The van der Waals surface area contributed by atoms with Crippen LogP contribution >= 0.6 is 34.8 Å². The van der Waals surface area contributed by atoms with E-state index in [0.29, 0.717) is 15.6 Å². The highest BCUT2D eigenvalue weighted by atomic mass is 35.5. The van der Waals surface area contributed by atoms with Crippen molar-refractivity contribution >= 4 is 34.8 Å². The molecule has 0 N–H and O–H groups in total. The molecule has 0 spiro atoms. The summed E-state index contributed by atoms with van der Waals surface area (Å²) in [6.07, 6.45) is 0. The van der Waals surface area contributed by atoms with Crippen LogP contribution in [0.5, 0.6) is 0 Å². The number of alkyl halides is 2. The monoisotopic (exact) mass is 368 g/mol. The molecular weight excluding hydrogens is 357 g/mol. The second kappa shape index (κ2) is 6.22. The molecule has 0 atom stereocenters. The summed E-state index contributed by atoms with van der Waals surface area (Å²) in [6.45, 7) is 2.40. The molecule has 2 rings (SSSR count). The molecule has 0 amide bonds. The molecule has 22 heavy (non-hydrogen) atoms. The lowest BCUT2D eigenvalue weighted by atomic mass is 9.96. The van der Waals surface area contributed by atoms with Crippen LogP contribution in [0.2, 0.25) is 15.2 Å². The molecule has 1 aromatic heterocycles. The Balaban J connectivity index is 2.65. The van der Waals surface area contributed by atoms with Crippen LogP contribution in [0.1, 0.15) is 26.6 Å². The second-order valence-electron chi connectivity index (χ2n) is 5.61. The highest BCUT2D eigenvalue weighted by Gasteiger charge is 2.29. The molecule has 1 aromatic carbocycles. The van der Waals surface area contributed by atoms with Gasteiger partial charge in [-0.25, -0.2) is 4.98 Å². The fourth-order valence-corrected chi connectivity index (χ4v) is 2.65. The van der Waals surface area contributed by atoms with Crippen LogP contribution in [-0.2, 0) is 5.41 Å². The first-order valence-corrected chi connectivity index (χ1v) is 7.44. The van der Waals surface area contributed by atoms with E-state index >= 15 is 0 Å². The van der Waals surface area contributed by atoms with Crippen LogP contribution < -0.4 is 4.84 Å². The summed E-state index contributed by atoms with van der Waals surface area (Å²) >= 11 is 18.2. The van der Waals surface area contributed by atoms with Gasteiger partial charge in [0.2, 0.25) is 0 Å². The standard InChI is InChI=1S/C14H13Cl3F2N2O/c1-14(2,3)12-20-10(11(17)21(12)22-13(18)19)8-5-4-7(15)6-9(8)16/h4-6,13H,1-3H3. The first-order valence-electron chi connectivity index (χ1n) is 6.30. The van der Waals surface area contributed by atoms with Gasteiger partial charge in [-0.15, -0.1) is 4.73 Å². The molecule has 0 saturated heterocycles. The number of hydrogen-bond acceptors (Lipinski definition) is 2. The summed E-state index contributed by atoms with van der Waals surface area (Å²) in [4.78, 5) is 8.83. The van der Waals surface area contributed by atoms with Crippen molar-refractivity contribution in [1.82, 2.24) is 9.71 Å². The molecule has 0 aliphatic heterocycles. The molecule has 2 aromatic rings. The van der Waals surface area contributed by atoms with Crippen molar-refractivity contribution in [2.24, 2.45) is 0 Å². The Morgan fingerprint density at radius 3 is 2.32 bits per heavy atom. The van der Waals surface area contributed by atoms with E-state index in [1.807, 2.05) is 20.8 Å². The topological polar surface area (TPSA) is 27.1 Å². The van der Waals surface area contributed by atoms with Gasteiger partial charge in [0.25, 0.3) is 0 Å². The number of hydrogen-bond donors (Lipinski definition) is 0. The minimum atomic E-state index is -3.03. The van der Waals surface area contributed by atoms with Crippen molar-refractivity contribution in [2.45, 2.75) is 32.8 Å². The Morgan fingerprint density at radius 1 is 1.18 bits per heavy atom. The predicted molar refractivity (Wildman–Crippen MR) is 84.0 cm³/mol. The molecule has 1 heterocycles. The zero-order valence-corrected chi connectivity index (χ0v) is 14.3.